The number of nitriles is 1. The minimum Gasteiger partial charge on any atom is -0.507 e. The molecular formula is C26H31Cl4N3O2. The van der Waals surface area contributed by atoms with E-state index in [2.05, 4.69) is 52.2 Å². The summed E-state index contributed by atoms with van der Waals surface area (Å²) in [6, 6.07) is 5.85. The second-order valence-electron chi connectivity index (χ2n) is 10.4. The van der Waals surface area contributed by atoms with Gasteiger partial charge in [-0.1, -0.05) is 100 Å². The molecule has 2 aromatic carbocycles. The van der Waals surface area contributed by atoms with Gasteiger partial charge < -0.3 is 15.7 Å². The molecule has 9 heteroatoms. The van der Waals surface area contributed by atoms with Gasteiger partial charge in [-0.2, -0.15) is 5.26 Å². The summed E-state index contributed by atoms with van der Waals surface area (Å²) in [4.78, 5) is 12.5. The van der Waals surface area contributed by atoms with Crippen molar-refractivity contribution in [2.75, 3.05) is 18.4 Å². The van der Waals surface area contributed by atoms with Crippen molar-refractivity contribution in [2.24, 2.45) is 0 Å². The molecule has 35 heavy (non-hydrogen) atoms. The summed E-state index contributed by atoms with van der Waals surface area (Å²) >= 11 is 24.6. The number of phenolic OH excluding ortho intramolecular Hbond substituents is 1. The lowest BCUT2D eigenvalue weighted by molar-refractivity contribution is -0.120. The Morgan fingerprint density at radius 1 is 0.914 bits per heavy atom. The maximum absolute atomic E-state index is 12.5. The summed E-state index contributed by atoms with van der Waals surface area (Å²) in [5, 5.41) is 26.1. The zero-order valence-corrected chi connectivity index (χ0v) is 23.8. The summed E-state index contributed by atoms with van der Waals surface area (Å²) in [6.45, 7) is 13.0. The average Bonchev–Trinajstić information content (AvgIpc) is 2.75. The molecule has 0 aromatic heterocycles. The number of anilines is 1. The van der Waals surface area contributed by atoms with Crippen molar-refractivity contribution in [2.45, 2.75) is 65.2 Å². The number of nitrogens with one attached hydrogen (secondary N) is 2. The Morgan fingerprint density at radius 2 is 1.40 bits per heavy atom. The molecule has 0 bridgehead atoms. The Bertz CT molecular complexity index is 1100. The van der Waals surface area contributed by atoms with Crippen LogP contribution >= 0.6 is 46.4 Å². The molecule has 2 aromatic rings. The van der Waals surface area contributed by atoms with Crippen LogP contribution in [0.5, 0.6) is 5.75 Å². The van der Waals surface area contributed by atoms with Crippen molar-refractivity contribution < 1.29 is 9.90 Å². The van der Waals surface area contributed by atoms with E-state index in [1.807, 2.05) is 18.2 Å². The predicted octanol–water partition coefficient (Wildman–Crippen LogP) is 7.63. The zero-order valence-electron chi connectivity index (χ0n) is 20.8. The lowest BCUT2D eigenvalue weighted by atomic mass is 9.78. The van der Waals surface area contributed by atoms with Gasteiger partial charge in [0.15, 0.2) is 0 Å². The molecule has 0 atom stereocenters. The summed E-state index contributed by atoms with van der Waals surface area (Å²) in [5.41, 5.74) is 2.62. The van der Waals surface area contributed by atoms with Crippen molar-refractivity contribution in [3.05, 3.63) is 54.5 Å². The highest BCUT2D eigenvalue weighted by Crippen LogP contribution is 2.44. The molecule has 0 fully saturated rings. The number of carbonyl (C=O) groups excluding carboxylic acids is 1. The Kier molecular flexibility index (Phi) is 9.64. The highest BCUT2D eigenvalue weighted by atomic mass is 35.5. The van der Waals surface area contributed by atoms with Crippen molar-refractivity contribution in [3.8, 4) is 11.8 Å². The largest absolute Gasteiger partial charge is 0.507 e. The van der Waals surface area contributed by atoms with Crippen LogP contribution in [0.1, 0.15) is 70.2 Å². The molecule has 190 valence electrons. The van der Waals surface area contributed by atoms with E-state index in [0.717, 1.165) is 16.7 Å². The van der Waals surface area contributed by atoms with Crippen LogP contribution in [-0.2, 0) is 22.0 Å². The van der Waals surface area contributed by atoms with E-state index in [4.69, 9.17) is 51.7 Å². The maximum atomic E-state index is 12.5. The molecule has 5 nitrogen and oxygen atoms in total. The lowest BCUT2D eigenvalue weighted by Crippen LogP contribution is -2.29. The van der Waals surface area contributed by atoms with Crippen LogP contribution in [0.2, 0.25) is 20.1 Å². The van der Waals surface area contributed by atoms with Crippen LogP contribution in [0.4, 0.5) is 5.69 Å². The number of hydrogen-bond donors (Lipinski definition) is 3. The highest BCUT2D eigenvalue weighted by molar-refractivity contribution is 6.51. The van der Waals surface area contributed by atoms with Crippen molar-refractivity contribution in [1.29, 1.82) is 5.26 Å². The Labute approximate surface area is 227 Å². The van der Waals surface area contributed by atoms with E-state index in [-0.39, 0.29) is 42.4 Å². The van der Waals surface area contributed by atoms with Gasteiger partial charge in [-0.25, -0.2) is 0 Å². The normalized spacial score (nSPS) is 11.8. The monoisotopic (exact) mass is 557 g/mol. The van der Waals surface area contributed by atoms with Gasteiger partial charge in [0.25, 0.3) is 0 Å². The van der Waals surface area contributed by atoms with Crippen molar-refractivity contribution in [3.63, 3.8) is 0 Å². The molecule has 1 amide bonds. The first-order valence-corrected chi connectivity index (χ1v) is 12.7. The molecule has 0 aliphatic rings. The first-order valence-electron chi connectivity index (χ1n) is 11.2. The fraction of sp³-hybridized carbons (Fsp3) is 0.462. The third-order valence-electron chi connectivity index (χ3n) is 5.55. The SMILES string of the molecule is CC(C)(C)c1cc(CCC(=O)NCCNc2c(Cl)c(Cl)c(C#N)c(Cl)c2Cl)cc(C(C)(C)C)c1O. The highest BCUT2D eigenvalue weighted by Gasteiger charge is 2.26. The van der Waals surface area contributed by atoms with E-state index >= 15 is 0 Å². The van der Waals surface area contributed by atoms with E-state index in [9.17, 15) is 9.90 Å². The van der Waals surface area contributed by atoms with Crippen LogP contribution in [0.25, 0.3) is 0 Å². The van der Waals surface area contributed by atoms with Crippen LogP contribution in [0.3, 0.4) is 0 Å². The Morgan fingerprint density at radius 3 is 1.83 bits per heavy atom. The standard InChI is InChI=1S/C26H31Cl4N3O2/c1-25(2,3)16-11-14(12-17(24(16)35)26(4,5)6)7-8-18(34)32-9-10-33-23-21(29)19(27)15(13-31)20(28)22(23)30/h11-12,33,35H,7-10H2,1-6H3,(H,32,34). The number of aryl methyl sites for hydroxylation is 1. The van der Waals surface area contributed by atoms with Gasteiger partial charge in [-0.3, -0.25) is 4.79 Å². The number of aromatic hydroxyl groups is 1. The molecule has 3 N–H and O–H groups in total. The molecule has 0 unspecified atom stereocenters. The first kappa shape index (κ1) is 29.4. The summed E-state index contributed by atoms with van der Waals surface area (Å²) < 4.78 is 0. The number of rotatable bonds is 7. The third-order valence-corrected chi connectivity index (χ3v) is 7.26. The number of amides is 1. The number of phenols is 1. The van der Waals surface area contributed by atoms with Gasteiger partial charge in [-0.05, 0) is 33.9 Å². The fourth-order valence-electron chi connectivity index (χ4n) is 3.60. The van der Waals surface area contributed by atoms with Gasteiger partial charge in [-0.15, -0.1) is 0 Å². The van der Waals surface area contributed by atoms with Crippen LogP contribution in [0.15, 0.2) is 12.1 Å². The summed E-state index contributed by atoms with van der Waals surface area (Å²) in [5.74, 6) is 0.215. The fourth-order valence-corrected chi connectivity index (χ4v) is 4.67. The number of carbonyl (C=O) groups is 1. The lowest BCUT2D eigenvalue weighted by Gasteiger charge is -2.28. The number of benzene rings is 2. The second kappa shape index (κ2) is 11.5. The zero-order chi connectivity index (χ0) is 26.7. The predicted molar refractivity (Wildman–Crippen MR) is 147 cm³/mol. The maximum Gasteiger partial charge on any atom is 0.220 e. The molecule has 0 aliphatic heterocycles. The molecular weight excluding hydrogens is 528 g/mol. The van der Waals surface area contributed by atoms with Gasteiger partial charge in [0.1, 0.15) is 11.8 Å². The first-order chi connectivity index (χ1) is 16.1. The van der Waals surface area contributed by atoms with Gasteiger partial charge >= 0.3 is 0 Å². The average molecular weight is 559 g/mol. The molecule has 0 radical (unpaired) electrons. The minimum absolute atomic E-state index is 0.0145. The van der Waals surface area contributed by atoms with Crippen molar-refractivity contribution >= 4 is 58.0 Å². The smallest absolute Gasteiger partial charge is 0.220 e. The van der Waals surface area contributed by atoms with Crippen molar-refractivity contribution in [1.82, 2.24) is 5.32 Å². The van der Waals surface area contributed by atoms with Gasteiger partial charge in [0.2, 0.25) is 5.91 Å². The summed E-state index contributed by atoms with van der Waals surface area (Å²) in [7, 11) is 0. The van der Waals surface area contributed by atoms with E-state index in [1.165, 1.54) is 0 Å². The molecule has 0 spiro atoms. The van der Waals surface area contributed by atoms with E-state index in [1.54, 1.807) is 0 Å². The second-order valence-corrected chi connectivity index (χ2v) is 11.9. The summed E-state index contributed by atoms with van der Waals surface area (Å²) in [6.07, 6.45) is 0.845. The molecule has 0 heterocycles. The van der Waals surface area contributed by atoms with Crippen LogP contribution in [-0.4, -0.2) is 24.1 Å². The number of nitrogens with zero attached hydrogens (tertiary/aromatic N) is 1. The molecule has 0 saturated heterocycles. The number of hydrogen-bond acceptors (Lipinski definition) is 4. The minimum atomic E-state index is -0.228. The number of halogens is 4. The molecule has 0 saturated carbocycles. The Hall–Kier alpha value is -1.84. The van der Waals surface area contributed by atoms with Gasteiger partial charge in [0.05, 0.1) is 31.3 Å². The quantitative estimate of drug-likeness (QED) is 0.241. The molecule has 0 aliphatic carbocycles. The van der Waals surface area contributed by atoms with Crippen LogP contribution < -0.4 is 10.6 Å². The van der Waals surface area contributed by atoms with E-state index in [0.29, 0.717) is 37.4 Å². The van der Waals surface area contributed by atoms with Crippen LogP contribution in [0, 0.1) is 11.3 Å². The van der Waals surface area contributed by atoms with Gasteiger partial charge in [0, 0.05) is 19.5 Å². The third kappa shape index (κ3) is 7.11. The topological polar surface area (TPSA) is 85.2 Å². The molecule has 2 rings (SSSR count). The van der Waals surface area contributed by atoms with E-state index < -0.39 is 0 Å². The Balaban J connectivity index is 2.02.